The van der Waals surface area contributed by atoms with Gasteiger partial charge in [0.15, 0.2) is 5.52 Å². The molecule has 0 atom stereocenters. The van der Waals surface area contributed by atoms with E-state index in [0.29, 0.717) is 28.3 Å². The molecule has 27 heavy (non-hydrogen) atoms. The number of carbonyl (C=O) groups excluding carboxylic acids is 1. The van der Waals surface area contributed by atoms with Gasteiger partial charge in [0, 0.05) is 18.2 Å². The summed E-state index contributed by atoms with van der Waals surface area (Å²) in [7, 11) is 3.11. The highest BCUT2D eigenvalue weighted by Gasteiger charge is 2.16. The lowest BCUT2D eigenvalue weighted by Gasteiger charge is -2.12. The fraction of sp³-hybridized carbons (Fsp3) is 0.333. The third-order valence-electron chi connectivity index (χ3n) is 4.20. The minimum atomic E-state index is -0.468. The molecule has 0 saturated carbocycles. The van der Waals surface area contributed by atoms with Crippen molar-refractivity contribution in [3.8, 4) is 11.5 Å². The predicted octanol–water partition coefficient (Wildman–Crippen LogP) is 1.33. The minimum Gasteiger partial charge on any atom is -0.497 e. The van der Waals surface area contributed by atoms with Crippen molar-refractivity contribution in [2.24, 2.45) is 0 Å². The molecule has 0 aliphatic carbocycles. The SMILES string of the molecule is COc1ccc(CNC(=O)Cn2nc(C)c3c(C)onc3c2=O)c(OC)c1. The van der Waals surface area contributed by atoms with Crippen molar-refractivity contribution >= 4 is 16.8 Å². The number of hydrogen-bond donors (Lipinski definition) is 1. The number of aryl methyl sites for hydroxylation is 2. The van der Waals surface area contributed by atoms with E-state index in [1.165, 1.54) is 0 Å². The van der Waals surface area contributed by atoms with Crippen molar-refractivity contribution in [3.05, 3.63) is 45.6 Å². The molecule has 0 radical (unpaired) electrons. The third-order valence-corrected chi connectivity index (χ3v) is 4.20. The van der Waals surface area contributed by atoms with E-state index in [1.807, 2.05) is 0 Å². The summed E-state index contributed by atoms with van der Waals surface area (Å²) in [6.45, 7) is 3.47. The normalized spacial score (nSPS) is 10.8. The van der Waals surface area contributed by atoms with E-state index in [9.17, 15) is 9.59 Å². The van der Waals surface area contributed by atoms with Crippen molar-refractivity contribution in [1.29, 1.82) is 0 Å². The molecule has 0 spiro atoms. The molecule has 1 amide bonds. The van der Waals surface area contributed by atoms with E-state index >= 15 is 0 Å². The van der Waals surface area contributed by atoms with Gasteiger partial charge in [0.2, 0.25) is 5.91 Å². The van der Waals surface area contributed by atoms with E-state index < -0.39 is 5.56 Å². The van der Waals surface area contributed by atoms with E-state index in [0.717, 1.165) is 10.2 Å². The molecule has 1 N–H and O–H groups in total. The molecular formula is C18H20N4O5. The van der Waals surface area contributed by atoms with E-state index in [1.54, 1.807) is 46.3 Å². The molecule has 0 unspecified atom stereocenters. The van der Waals surface area contributed by atoms with Crippen molar-refractivity contribution in [1.82, 2.24) is 20.3 Å². The molecular weight excluding hydrogens is 352 g/mol. The molecule has 0 saturated heterocycles. The number of nitrogens with one attached hydrogen (secondary N) is 1. The number of benzene rings is 1. The van der Waals surface area contributed by atoms with Crippen LogP contribution in [0.2, 0.25) is 0 Å². The zero-order valence-electron chi connectivity index (χ0n) is 15.5. The number of rotatable bonds is 6. The second-order valence-electron chi connectivity index (χ2n) is 5.97. The van der Waals surface area contributed by atoms with Crippen LogP contribution in [0.5, 0.6) is 11.5 Å². The third kappa shape index (κ3) is 3.62. The number of carbonyl (C=O) groups is 1. The van der Waals surface area contributed by atoms with Crippen LogP contribution in [-0.4, -0.2) is 35.1 Å². The molecule has 3 rings (SSSR count). The van der Waals surface area contributed by atoms with Gasteiger partial charge in [-0.3, -0.25) is 9.59 Å². The van der Waals surface area contributed by atoms with Gasteiger partial charge >= 0.3 is 0 Å². The van der Waals surface area contributed by atoms with Gasteiger partial charge in [-0.1, -0.05) is 5.16 Å². The maximum atomic E-state index is 12.4. The lowest BCUT2D eigenvalue weighted by atomic mass is 10.2. The topological polar surface area (TPSA) is 108 Å². The second kappa shape index (κ2) is 7.48. The van der Waals surface area contributed by atoms with Gasteiger partial charge in [-0.2, -0.15) is 5.10 Å². The van der Waals surface area contributed by atoms with Crippen molar-refractivity contribution < 1.29 is 18.8 Å². The molecule has 0 aliphatic rings. The molecule has 2 aromatic heterocycles. The number of nitrogens with zero attached hydrogens (tertiary/aromatic N) is 3. The zero-order valence-corrected chi connectivity index (χ0v) is 15.5. The number of aromatic nitrogens is 3. The maximum Gasteiger partial charge on any atom is 0.297 e. The summed E-state index contributed by atoms with van der Waals surface area (Å²) >= 11 is 0. The van der Waals surface area contributed by atoms with Gasteiger partial charge < -0.3 is 19.3 Å². The molecule has 9 heteroatoms. The summed E-state index contributed by atoms with van der Waals surface area (Å²) in [5.74, 6) is 1.42. The fourth-order valence-corrected chi connectivity index (χ4v) is 2.83. The number of amides is 1. The Bertz CT molecular complexity index is 1050. The van der Waals surface area contributed by atoms with E-state index in [-0.39, 0.29) is 24.5 Å². The molecule has 142 valence electrons. The van der Waals surface area contributed by atoms with Crippen LogP contribution in [-0.2, 0) is 17.9 Å². The van der Waals surface area contributed by atoms with E-state index in [4.69, 9.17) is 14.0 Å². The first-order valence-corrected chi connectivity index (χ1v) is 8.26. The Balaban J connectivity index is 1.74. The minimum absolute atomic E-state index is 0.171. The molecule has 2 heterocycles. The monoisotopic (exact) mass is 372 g/mol. The summed E-state index contributed by atoms with van der Waals surface area (Å²) in [6.07, 6.45) is 0. The van der Waals surface area contributed by atoms with Crippen molar-refractivity contribution in [2.75, 3.05) is 14.2 Å². The van der Waals surface area contributed by atoms with Crippen LogP contribution in [0.25, 0.3) is 10.9 Å². The number of fused-ring (bicyclic) bond motifs is 1. The Morgan fingerprint density at radius 3 is 2.74 bits per heavy atom. The van der Waals surface area contributed by atoms with Gasteiger partial charge in [0.25, 0.3) is 5.56 Å². The Morgan fingerprint density at radius 1 is 1.26 bits per heavy atom. The first kappa shape index (κ1) is 18.4. The highest BCUT2D eigenvalue weighted by molar-refractivity contribution is 5.82. The first-order chi connectivity index (χ1) is 12.9. The van der Waals surface area contributed by atoms with Crippen molar-refractivity contribution in [2.45, 2.75) is 26.9 Å². The Labute approximate surface area is 154 Å². The Hall–Kier alpha value is -3.36. The van der Waals surface area contributed by atoms with Crippen LogP contribution >= 0.6 is 0 Å². The van der Waals surface area contributed by atoms with Gasteiger partial charge in [-0.25, -0.2) is 4.68 Å². The summed E-state index contributed by atoms with van der Waals surface area (Å²) in [5.41, 5.74) is 1.06. The van der Waals surface area contributed by atoms with Crippen LogP contribution in [0.3, 0.4) is 0 Å². The zero-order chi connectivity index (χ0) is 19.6. The van der Waals surface area contributed by atoms with Gasteiger partial charge in [0.1, 0.15) is 23.8 Å². The summed E-state index contributed by atoms with van der Waals surface area (Å²) in [5, 5.41) is 11.3. The van der Waals surface area contributed by atoms with Crippen LogP contribution in [0.4, 0.5) is 0 Å². The van der Waals surface area contributed by atoms with Crippen LogP contribution in [0.1, 0.15) is 17.0 Å². The molecule has 1 aromatic carbocycles. The molecule has 9 nitrogen and oxygen atoms in total. The fourth-order valence-electron chi connectivity index (χ4n) is 2.83. The van der Waals surface area contributed by atoms with Crippen LogP contribution in [0.15, 0.2) is 27.5 Å². The highest BCUT2D eigenvalue weighted by atomic mass is 16.5. The van der Waals surface area contributed by atoms with Gasteiger partial charge in [0.05, 0.1) is 25.3 Å². The van der Waals surface area contributed by atoms with Gasteiger partial charge in [-0.15, -0.1) is 0 Å². The van der Waals surface area contributed by atoms with Gasteiger partial charge in [-0.05, 0) is 26.0 Å². The second-order valence-corrected chi connectivity index (χ2v) is 5.97. The lowest BCUT2D eigenvalue weighted by molar-refractivity contribution is -0.122. The molecule has 0 fully saturated rings. The lowest BCUT2D eigenvalue weighted by Crippen LogP contribution is -2.34. The Kier molecular flexibility index (Phi) is 5.11. The highest BCUT2D eigenvalue weighted by Crippen LogP contribution is 2.24. The number of ether oxygens (including phenoxy) is 2. The first-order valence-electron chi connectivity index (χ1n) is 8.26. The summed E-state index contributed by atoms with van der Waals surface area (Å²) < 4.78 is 16.6. The standard InChI is InChI=1S/C18H20N4O5/c1-10-16-11(2)27-21-17(16)18(24)22(20-10)9-15(23)19-8-12-5-6-13(25-3)7-14(12)26-4/h5-7H,8-9H2,1-4H3,(H,19,23). The Morgan fingerprint density at radius 2 is 2.04 bits per heavy atom. The largest absolute Gasteiger partial charge is 0.497 e. The quantitative estimate of drug-likeness (QED) is 0.695. The smallest absolute Gasteiger partial charge is 0.297 e. The maximum absolute atomic E-state index is 12.4. The molecule has 0 bridgehead atoms. The van der Waals surface area contributed by atoms with Crippen molar-refractivity contribution in [3.63, 3.8) is 0 Å². The summed E-state index contributed by atoms with van der Waals surface area (Å²) in [4.78, 5) is 24.7. The molecule has 3 aromatic rings. The summed E-state index contributed by atoms with van der Waals surface area (Å²) in [6, 6.07) is 5.31. The number of hydrogen-bond acceptors (Lipinski definition) is 7. The molecule has 0 aliphatic heterocycles. The van der Waals surface area contributed by atoms with E-state index in [2.05, 4.69) is 15.6 Å². The average Bonchev–Trinajstić information content (AvgIpc) is 3.06. The average molecular weight is 372 g/mol. The predicted molar refractivity (Wildman–Crippen MR) is 96.9 cm³/mol. The van der Waals surface area contributed by atoms with Crippen LogP contribution in [0, 0.1) is 13.8 Å². The number of methoxy groups -OCH3 is 2. The van der Waals surface area contributed by atoms with Crippen LogP contribution < -0.4 is 20.3 Å².